The van der Waals surface area contributed by atoms with Crippen LogP contribution in [0.5, 0.6) is 11.5 Å². The second-order valence-electron chi connectivity index (χ2n) is 6.07. The van der Waals surface area contributed by atoms with Crippen molar-refractivity contribution in [2.45, 2.75) is 13.8 Å². The Kier molecular flexibility index (Phi) is 8.27. The van der Waals surface area contributed by atoms with Gasteiger partial charge < -0.3 is 19.5 Å². The van der Waals surface area contributed by atoms with Crippen LogP contribution in [0.3, 0.4) is 0 Å². The Hall–Kier alpha value is -3.50. The molecule has 0 fully saturated rings. The minimum Gasteiger partial charge on any atom is -0.490 e. The molecule has 2 aromatic carbocycles. The van der Waals surface area contributed by atoms with Crippen LogP contribution in [0.15, 0.2) is 42.0 Å². The third kappa shape index (κ3) is 6.00. The molecule has 0 saturated carbocycles. The lowest BCUT2D eigenvalue weighted by Crippen LogP contribution is -2.14. The predicted molar refractivity (Wildman–Crippen MR) is 114 cm³/mol. The van der Waals surface area contributed by atoms with Gasteiger partial charge in [0.25, 0.3) is 5.91 Å². The van der Waals surface area contributed by atoms with E-state index in [0.29, 0.717) is 17.9 Å². The Bertz CT molecular complexity index is 1010. The zero-order chi connectivity index (χ0) is 22.1. The van der Waals surface area contributed by atoms with Crippen LogP contribution in [0, 0.1) is 18.3 Å². The van der Waals surface area contributed by atoms with Gasteiger partial charge in [-0.05, 0) is 49.2 Å². The van der Waals surface area contributed by atoms with E-state index in [1.54, 1.807) is 25.1 Å². The number of aryl methyl sites for hydroxylation is 1. The van der Waals surface area contributed by atoms with Crippen LogP contribution in [0.2, 0.25) is 5.02 Å². The number of nitrogens with one attached hydrogen (secondary N) is 1. The molecular weight excluding hydrogens is 408 g/mol. The Morgan fingerprint density at radius 1 is 1.23 bits per heavy atom. The molecule has 2 rings (SSSR count). The summed E-state index contributed by atoms with van der Waals surface area (Å²) in [5.74, 6) is -0.676. The van der Waals surface area contributed by atoms with Gasteiger partial charge in [-0.1, -0.05) is 29.8 Å². The molecule has 1 amide bonds. The van der Waals surface area contributed by atoms with Crippen molar-refractivity contribution in [2.75, 3.05) is 25.6 Å². The summed E-state index contributed by atoms with van der Waals surface area (Å²) in [7, 11) is 1.25. The Morgan fingerprint density at radius 3 is 2.60 bits per heavy atom. The largest absolute Gasteiger partial charge is 0.490 e. The maximum atomic E-state index is 12.5. The van der Waals surface area contributed by atoms with Crippen molar-refractivity contribution in [1.82, 2.24) is 0 Å². The lowest BCUT2D eigenvalue weighted by atomic mass is 10.1. The second kappa shape index (κ2) is 10.9. The summed E-state index contributed by atoms with van der Waals surface area (Å²) in [6, 6.07) is 12.2. The monoisotopic (exact) mass is 428 g/mol. The molecule has 0 aliphatic rings. The third-order valence-corrected chi connectivity index (χ3v) is 4.24. The molecule has 7 nitrogen and oxygen atoms in total. The number of methoxy groups -OCH3 is 1. The van der Waals surface area contributed by atoms with Crippen LogP contribution in [0.4, 0.5) is 5.69 Å². The smallest absolute Gasteiger partial charge is 0.343 e. The molecule has 0 aliphatic heterocycles. The number of carbonyl (C=O) groups is 2. The zero-order valence-corrected chi connectivity index (χ0v) is 17.6. The van der Waals surface area contributed by atoms with Gasteiger partial charge in [-0.25, -0.2) is 4.79 Å². The highest BCUT2D eigenvalue weighted by Gasteiger charge is 2.16. The van der Waals surface area contributed by atoms with E-state index < -0.39 is 11.9 Å². The van der Waals surface area contributed by atoms with Gasteiger partial charge in [0, 0.05) is 5.69 Å². The lowest BCUT2D eigenvalue weighted by molar-refractivity contribution is -0.142. The van der Waals surface area contributed by atoms with Crippen molar-refractivity contribution in [3.05, 3.63) is 58.1 Å². The van der Waals surface area contributed by atoms with E-state index in [1.807, 2.05) is 25.1 Å². The Morgan fingerprint density at radius 2 is 1.97 bits per heavy atom. The minimum absolute atomic E-state index is 0.111. The topological polar surface area (TPSA) is 97.6 Å². The van der Waals surface area contributed by atoms with E-state index in [0.717, 1.165) is 5.56 Å². The molecule has 2 aromatic rings. The molecule has 0 atom stereocenters. The normalized spacial score (nSPS) is 10.7. The molecule has 1 N–H and O–H groups in total. The number of nitrogens with zero attached hydrogens (tertiary/aromatic N) is 1. The molecule has 8 heteroatoms. The van der Waals surface area contributed by atoms with Gasteiger partial charge in [0.15, 0.2) is 18.1 Å². The van der Waals surface area contributed by atoms with Gasteiger partial charge in [0.05, 0.1) is 18.7 Å². The predicted octanol–water partition coefficient (Wildman–Crippen LogP) is 4.14. The molecule has 0 spiro atoms. The molecule has 0 aromatic heterocycles. The summed E-state index contributed by atoms with van der Waals surface area (Å²) < 4.78 is 15.5. The van der Waals surface area contributed by atoms with Gasteiger partial charge in [-0.2, -0.15) is 5.26 Å². The molecule has 156 valence electrons. The van der Waals surface area contributed by atoms with Crippen molar-refractivity contribution in [3.8, 4) is 17.6 Å². The number of esters is 1. The average Bonchev–Trinajstić information content (AvgIpc) is 2.72. The van der Waals surface area contributed by atoms with Crippen LogP contribution in [-0.2, 0) is 14.3 Å². The van der Waals surface area contributed by atoms with E-state index in [2.05, 4.69) is 10.1 Å². The van der Waals surface area contributed by atoms with Crippen molar-refractivity contribution in [3.63, 3.8) is 0 Å². The van der Waals surface area contributed by atoms with Gasteiger partial charge >= 0.3 is 5.97 Å². The van der Waals surface area contributed by atoms with Gasteiger partial charge in [-0.3, -0.25) is 4.79 Å². The van der Waals surface area contributed by atoms with Crippen LogP contribution < -0.4 is 14.8 Å². The maximum Gasteiger partial charge on any atom is 0.343 e. The summed E-state index contributed by atoms with van der Waals surface area (Å²) >= 11 is 6.28. The molecule has 0 saturated heterocycles. The number of para-hydroxylation sites is 1. The molecule has 0 aliphatic carbocycles. The molecule has 30 heavy (non-hydrogen) atoms. The maximum absolute atomic E-state index is 12.5. The first kappa shape index (κ1) is 22.8. The number of benzene rings is 2. The van der Waals surface area contributed by atoms with E-state index in [9.17, 15) is 14.9 Å². The number of ether oxygens (including phenoxy) is 3. The fourth-order valence-corrected chi connectivity index (χ4v) is 2.76. The summed E-state index contributed by atoms with van der Waals surface area (Å²) in [6.45, 7) is 3.61. The first-order valence-electron chi connectivity index (χ1n) is 9.04. The molecule has 0 heterocycles. The third-order valence-electron chi connectivity index (χ3n) is 3.96. The van der Waals surface area contributed by atoms with Crippen LogP contribution >= 0.6 is 11.6 Å². The van der Waals surface area contributed by atoms with Crippen LogP contribution in [-0.4, -0.2) is 32.2 Å². The van der Waals surface area contributed by atoms with Crippen molar-refractivity contribution < 1.29 is 23.8 Å². The first-order valence-corrected chi connectivity index (χ1v) is 9.42. The average molecular weight is 429 g/mol. The fraction of sp³-hybridized carbons (Fsp3) is 0.227. The second-order valence-corrected chi connectivity index (χ2v) is 6.47. The number of anilines is 1. The minimum atomic E-state index is -0.572. The van der Waals surface area contributed by atoms with E-state index in [4.69, 9.17) is 21.1 Å². The number of nitriles is 1. The van der Waals surface area contributed by atoms with Crippen molar-refractivity contribution >= 4 is 35.2 Å². The number of hydrogen-bond donors (Lipinski definition) is 1. The van der Waals surface area contributed by atoms with Crippen LogP contribution in [0.25, 0.3) is 6.08 Å². The first-order chi connectivity index (χ1) is 14.4. The quantitative estimate of drug-likeness (QED) is 0.385. The molecule has 0 radical (unpaired) electrons. The molecular formula is C22H21ClN2O5. The summed E-state index contributed by atoms with van der Waals surface area (Å²) in [5.41, 5.74) is 1.84. The Balaban J connectivity index is 2.33. The van der Waals surface area contributed by atoms with Crippen molar-refractivity contribution in [1.29, 1.82) is 5.26 Å². The number of carbonyl (C=O) groups excluding carboxylic acids is 2. The number of rotatable bonds is 8. The van der Waals surface area contributed by atoms with E-state index >= 15 is 0 Å². The highest BCUT2D eigenvalue weighted by Crippen LogP contribution is 2.37. The van der Waals surface area contributed by atoms with Crippen LogP contribution in [0.1, 0.15) is 18.1 Å². The highest BCUT2D eigenvalue weighted by molar-refractivity contribution is 6.32. The number of halogens is 1. The fourth-order valence-electron chi connectivity index (χ4n) is 2.48. The van der Waals surface area contributed by atoms with Gasteiger partial charge in [0.2, 0.25) is 0 Å². The van der Waals surface area contributed by atoms with Crippen molar-refractivity contribution in [2.24, 2.45) is 0 Å². The van der Waals surface area contributed by atoms with E-state index in [1.165, 1.54) is 19.3 Å². The summed E-state index contributed by atoms with van der Waals surface area (Å²) in [5, 5.41) is 12.3. The summed E-state index contributed by atoms with van der Waals surface area (Å²) in [4.78, 5) is 23.9. The van der Waals surface area contributed by atoms with Gasteiger partial charge in [-0.15, -0.1) is 0 Å². The summed E-state index contributed by atoms with van der Waals surface area (Å²) in [6.07, 6.45) is 1.39. The Labute approximate surface area is 179 Å². The lowest BCUT2D eigenvalue weighted by Gasteiger charge is -2.14. The zero-order valence-electron chi connectivity index (χ0n) is 16.8. The van der Waals surface area contributed by atoms with E-state index in [-0.39, 0.29) is 28.7 Å². The molecule has 0 unspecified atom stereocenters. The number of hydrogen-bond acceptors (Lipinski definition) is 6. The standard InChI is InChI=1S/C22H21ClN2O5/c1-4-29-19-11-15(10-17(23)21(19)30-13-20(26)28-3)9-16(12-24)22(27)25-18-8-6-5-7-14(18)2/h5-11H,4,13H2,1-3H3,(H,25,27)/b16-9+. The SMILES string of the molecule is CCOc1cc(/C=C(\C#N)C(=O)Nc2ccccc2C)cc(Cl)c1OCC(=O)OC. The number of amides is 1. The molecule has 0 bridgehead atoms. The highest BCUT2D eigenvalue weighted by atomic mass is 35.5. The van der Waals surface area contributed by atoms with Gasteiger partial charge in [0.1, 0.15) is 11.6 Å².